The lowest BCUT2D eigenvalue weighted by Gasteiger charge is -2.01. The molecule has 128 valence electrons. The number of carbonyl (C=O) groups is 1. The highest BCUT2D eigenvalue weighted by Crippen LogP contribution is 2.15. The Hall–Kier alpha value is -1.70. The van der Waals surface area contributed by atoms with Crippen molar-refractivity contribution in [1.82, 2.24) is 0 Å². The number of aryl methyl sites for hydroxylation is 1. The van der Waals surface area contributed by atoms with E-state index in [4.69, 9.17) is 10.8 Å². The summed E-state index contributed by atoms with van der Waals surface area (Å²) in [5.41, 5.74) is 8.66. The summed E-state index contributed by atoms with van der Waals surface area (Å²) in [6.07, 6.45) is 6.14. The summed E-state index contributed by atoms with van der Waals surface area (Å²) < 4.78 is 0. The number of benzene rings is 1. The minimum atomic E-state index is -0.768. The number of hydrogen-bond donors (Lipinski definition) is 2. The van der Waals surface area contributed by atoms with E-state index in [9.17, 15) is 4.79 Å². The van der Waals surface area contributed by atoms with Crippen molar-refractivity contribution < 1.29 is 9.90 Å². The van der Waals surface area contributed by atoms with Crippen LogP contribution in [0.3, 0.4) is 0 Å². The predicted octanol–water partition coefficient (Wildman–Crippen LogP) is 4.30. The normalized spacial score (nSPS) is 11.1. The first-order valence-electron chi connectivity index (χ1n) is 7.49. The largest absolute Gasteiger partial charge is 0.481 e. The Balaban J connectivity index is 0. The Kier molecular flexibility index (Phi) is 15.6. The third-order valence-electron chi connectivity index (χ3n) is 2.92. The molecule has 0 aliphatic carbocycles. The smallest absolute Gasteiger partial charge is 0.306 e. The molecular formula is C19H30NO2P. The van der Waals surface area contributed by atoms with Gasteiger partial charge in [-0.05, 0) is 31.0 Å². The van der Waals surface area contributed by atoms with Crippen molar-refractivity contribution >= 4 is 20.8 Å². The maximum Gasteiger partial charge on any atom is 0.306 e. The summed E-state index contributed by atoms with van der Waals surface area (Å²) in [6, 6.07) is 8.37. The molecular weight excluding hydrogens is 305 g/mol. The second-order valence-corrected chi connectivity index (χ2v) is 4.74. The number of carboxylic acid groups (broad SMARTS) is 1. The fourth-order valence-electron chi connectivity index (χ4n) is 1.53. The molecule has 0 saturated heterocycles. The van der Waals surface area contributed by atoms with Gasteiger partial charge < -0.3 is 10.8 Å². The van der Waals surface area contributed by atoms with Crippen LogP contribution < -0.4 is 5.73 Å². The minimum Gasteiger partial charge on any atom is -0.481 e. The highest BCUT2D eigenvalue weighted by Gasteiger charge is 2.07. The van der Waals surface area contributed by atoms with Gasteiger partial charge in [-0.15, -0.1) is 9.24 Å². The van der Waals surface area contributed by atoms with E-state index in [1.807, 2.05) is 18.8 Å². The van der Waals surface area contributed by atoms with Gasteiger partial charge in [0.1, 0.15) is 0 Å². The Labute approximate surface area is 143 Å². The van der Waals surface area contributed by atoms with E-state index in [1.54, 1.807) is 13.0 Å². The molecule has 1 aromatic carbocycles. The van der Waals surface area contributed by atoms with Crippen LogP contribution in [0.5, 0.6) is 0 Å². The highest BCUT2D eigenvalue weighted by atomic mass is 31.0. The summed E-state index contributed by atoms with van der Waals surface area (Å²) in [5.74, 6) is -1.06. The van der Waals surface area contributed by atoms with Crippen molar-refractivity contribution in [2.45, 2.75) is 20.3 Å². The quantitative estimate of drug-likeness (QED) is 0.602. The molecule has 3 nitrogen and oxygen atoms in total. The third-order valence-corrected chi connectivity index (χ3v) is 2.92. The third kappa shape index (κ3) is 11.5. The van der Waals surface area contributed by atoms with Crippen LogP contribution in [-0.4, -0.2) is 24.3 Å². The van der Waals surface area contributed by atoms with Crippen molar-refractivity contribution in [2.75, 3.05) is 13.2 Å². The van der Waals surface area contributed by atoms with Gasteiger partial charge in [0, 0.05) is 0 Å². The molecule has 2 unspecified atom stereocenters. The van der Waals surface area contributed by atoms with Crippen LogP contribution in [0.15, 0.2) is 55.7 Å². The maximum atomic E-state index is 10.0. The number of hydrogen-bond acceptors (Lipinski definition) is 2. The van der Waals surface area contributed by atoms with Gasteiger partial charge in [-0.1, -0.05) is 74.8 Å². The number of nitrogens with two attached hydrogens (primary N) is 1. The Morgan fingerprint density at radius 2 is 1.83 bits per heavy atom. The molecule has 2 atom stereocenters. The van der Waals surface area contributed by atoms with Crippen LogP contribution in [0.2, 0.25) is 0 Å². The minimum absolute atomic E-state index is 0.292. The molecule has 3 N–H and O–H groups in total. The van der Waals surface area contributed by atoms with Gasteiger partial charge in [0.2, 0.25) is 0 Å². The van der Waals surface area contributed by atoms with Gasteiger partial charge in [-0.25, -0.2) is 0 Å². The number of aliphatic carboxylic acids is 1. The van der Waals surface area contributed by atoms with E-state index in [2.05, 4.69) is 53.6 Å². The molecule has 23 heavy (non-hydrogen) atoms. The standard InChI is InChI=1S/C13H14.C5H11NO2.CH5P/c1-4-6-12(5-2)13-9-7-11(3)8-10-13;1-4(2-3-6)5(7)8;1-2/h4-10H,1-2H2,3H3;4H,2-3,6H2,1H3,(H,7,8);2H2,1H3/b12-6+;;. The molecule has 1 rings (SSSR count). The first-order chi connectivity index (χ1) is 11.0. The molecule has 0 aliphatic heterocycles. The molecule has 0 bridgehead atoms. The van der Waals surface area contributed by atoms with Crippen molar-refractivity contribution in [2.24, 2.45) is 11.7 Å². The monoisotopic (exact) mass is 335 g/mol. The van der Waals surface area contributed by atoms with Crippen LogP contribution >= 0.6 is 9.24 Å². The lowest BCUT2D eigenvalue weighted by molar-refractivity contribution is -0.141. The van der Waals surface area contributed by atoms with E-state index in [1.165, 1.54) is 11.1 Å². The van der Waals surface area contributed by atoms with Crippen molar-refractivity contribution in [3.63, 3.8) is 0 Å². The van der Waals surface area contributed by atoms with E-state index < -0.39 is 5.97 Å². The van der Waals surface area contributed by atoms with Gasteiger partial charge in [-0.2, -0.15) is 0 Å². The molecule has 0 radical (unpaired) electrons. The summed E-state index contributed by atoms with van der Waals surface area (Å²) in [5, 5.41) is 8.26. The lowest BCUT2D eigenvalue weighted by Crippen LogP contribution is -2.14. The van der Waals surface area contributed by atoms with Crippen LogP contribution in [0.25, 0.3) is 5.57 Å². The second-order valence-electron chi connectivity index (χ2n) is 4.74. The van der Waals surface area contributed by atoms with Crippen LogP contribution in [0.4, 0.5) is 0 Å². The summed E-state index contributed by atoms with van der Waals surface area (Å²) in [7, 11) is 2.42. The number of carboxylic acids is 1. The summed E-state index contributed by atoms with van der Waals surface area (Å²) >= 11 is 0. The molecule has 0 heterocycles. The van der Waals surface area contributed by atoms with E-state index >= 15 is 0 Å². The van der Waals surface area contributed by atoms with Gasteiger partial charge >= 0.3 is 5.97 Å². The molecule has 0 saturated carbocycles. The van der Waals surface area contributed by atoms with E-state index in [0.29, 0.717) is 13.0 Å². The van der Waals surface area contributed by atoms with E-state index in [0.717, 1.165) is 5.57 Å². The van der Waals surface area contributed by atoms with Crippen molar-refractivity contribution in [3.8, 4) is 0 Å². The van der Waals surface area contributed by atoms with E-state index in [-0.39, 0.29) is 5.92 Å². The topological polar surface area (TPSA) is 63.3 Å². The molecule has 1 aromatic rings. The Morgan fingerprint density at radius 1 is 1.30 bits per heavy atom. The maximum absolute atomic E-state index is 10.0. The Bertz CT molecular complexity index is 493. The van der Waals surface area contributed by atoms with Crippen molar-refractivity contribution in [1.29, 1.82) is 0 Å². The van der Waals surface area contributed by atoms with Crippen molar-refractivity contribution in [3.05, 3.63) is 66.8 Å². The molecule has 4 heteroatoms. The number of rotatable bonds is 6. The zero-order valence-electron chi connectivity index (χ0n) is 14.5. The van der Waals surface area contributed by atoms with Gasteiger partial charge in [0.15, 0.2) is 0 Å². The molecule has 0 fully saturated rings. The van der Waals surface area contributed by atoms with Gasteiger partial charge in [0.25, 0.3) is 0 Å². The molecule has 0 aliphatic rings. The average molecular weight is 335 g/mol. The second kappa shape index (κ2) is 15.2. The zero-order valence-corrected chi connectivity index (χ0v) is 15.6. The van der Waals surface area contributed by atoms with Crippen LogP contribution in [0.1, 0.15) is 24.5 Å². The molecule has 0 spiro atoms. The highest BCUT2D eigenvalue weighted by molar-refractivity contribution is 7.15. The lowest BCUT2D eigenvalue weighted by atomic mass is 10.0. The van der Waals surface area contributed by atoms with Gasteiger partial charge in [-0.3, -0.25) is 4.79 Å². The Morgan fingerprint density at radius 3 is 2.13 bits per heavy atom. The fourth-order valence-corrected chi connectivity index (χ4v) is 1.53. The molecule has 0 aromatic heterocycles. The van der Waals surface area contributed by atoms with Gasteiger partial charge in [0.05, 0.1) is 5.92 Å². The zero-order chi connectivity index (χ0) is 18.3. The summed E-state index contributed by atoms with van der Waals surface area (Å²) in [6.45, 7) is 13.5. The first kappa shape index (κ1) is 23.6. The number of allylic oxidation sites excluding steroid dienone is 4. The van der Waals surface area contributed by atoms with Crippen LogP contribution in [0, 0.1) is 12.8 Å². The summed E-state index contributed by atoms with van der Waals surface area (Å²) in [4.78, 5) is 10.0. The predicted molar refractivity (Wildman–Crippen MR) is 106 cm³/mol. The van der Waals surface area contributed by atoms with Crippen LogP contribution in [-0.2, 0) is 4.79 Å². The molecule has 0 amide bonds. The fraction of sp³-hybridized carbons (Fsp3) is 0.316. The average Bonchev–Trinajstić information content (AvgIpc) is 2.56. The first-order valence-corrected chi connectivity index (χ1v) is 8.64. The SMILES string of the molecule is C=C/C=C(\C=C)c1ccc(C)cc1.CC(CCN)C(=O)O.CP.